The fourth-order valence-electron chi connectivity index (χ4n) is 1.32. The van der Waals surface area contributed by atoms with Gasteiger partial charge in [-0.3, -0.25) is 4.79 Å². The molecule has 2 aromatic rings. The van der Waals surface area contributed by atoms with E-state index in [1.807, 2.05) is 24.3 Å². The summed E-state index contributed by atoms with van der Waals surface area (Å²) in [7, 11) is 0. The van der Waals surface area contributed by atoms with Crippen molar-refractivity contribution in [3.8, 4) is 0 Å². The Hall–Kier alpha value is -0.690. The van der Waals surface area contributed by atoms with Gasteiger partial charge in [-0.2, -0.15) is 5.10 Å². The van der Waals surface area contributed by atoms with Gasteiger partial charge in [-0.1, -0.05) is 34.1 Å². The number of rotatable bonds is 2. The summed E-state index contributed by atoms with van der Waals surface area (Å²) < 4.78 is 3.29. The molecule has 0 fully saturated rings. The van der Waals surface area contributed by atoms with E-state index in [9.17, 15) is 4.79 Å². The molecule has 1 aromatic carbocycles. The van der Waals surface area contributed by atoms with Gasteiger partial charge in [-0.25, -0.2) is 4.68 Å². The van der Waals surface area contributed by atoms with Crippen molar-refractivity contribution in [2.24, 2.45) is 0 Å². The van der Waals surface area contributed by atoms with Crippen LogP contribution in [0.1, 0.15) is 5.56 Å². The molecule has 0 aliphatic heterocycles. The van der Waals surface area contributed by atoms with Crippen molar-refractivity contribution in [2.45, 2.75) is 6.54 Å². The predicted octanol–water partition coefficient (Wildman–Crippen LogP) is 2.66. The van der Waals surface area contributed by atoms with Gasteiger partial charge in [0.25, 0.3) is 5.56 Å². The van der Waals surface area contributed by atoms with E-state index in [0.717, 1.165) is 13.6 Å². The minimum absolute atomic E-state index is 0.0809. The molecule has 0 N–H and O–H groups in total. The van der Waals surface area contributed by atoms with E-state index >= 15 is 0 Å². The third kappa shape index (κ3) is 2.70. The Bertz CT molecular complexity index is 568. The summed E-state index contributed by atoms with van der Waals surface area (Å²) in [5.74, 6) is 0. The van der Waals surface area contributed by atoms with Crippen LogP contribution in [-0.4, -0.2) is 9.78 Å². The summed E-state index contributed by atoms with van der Waals surface area (Å²) in [6.07, 6.45) is 1.68. The predicted molar refractivity (Wildman–Crippen MR) is 74.5 cm³/mol. The van der Waals surface area contributed by atoms with E-state index in [0.29, 0.717) is 6.54 Å². The van der Waals surface area contributed by atoms with Crippen molar-refractivity contribution in [1.29, 1.82) is 0 Å². The maximum absolute atomic E-state index is 11.6. The molecule has 0 unspecified atom stereocenters. The highest BCUT2D eigenvalue weighted by molar-refractivity contribution is 14.1. The highest BCUT2D eigenvalue weighted by Gasteiger charge is 2.02. The summed E-state index contributed by atoms with van der Waals surface area (Å²) in [5.41, 5.74) is 0.959. The van der Waals surface area contributed by atoms with E-state index in [1.54, 1.807) is 12.3 Å². The minimum atomic E-state index is -0.0809. The van der Waals surface area contributed by atoms with Crippen molar-refractivity contribution in [2.75, 3.05) is 0 Å². The van der Waals surface area contributed by atoms with Gasteiger partial charge < -0.3 is 0 Å². The lowest BCUT2D eigenvalue weighted by Gasteiger charge is -2.05. The van der Waals surface area contributed by atoms with Crippen LogP contribution in [0, 0.1) is 3.57 Å². The number of halogens is 2. The Labute approximate surface area is 115 Å². The monoisotopic (exact) mass is 390 g/mol. The second kappa shape index (κ2) is 5.09. The minimum Gasteiger partial charge on any atom is -0.268 e. The van der Waals surface area contributed by atoms with Gasteiger partial charge >= 0.3 is 0 Å². The van der Waals surface area contributed by atoms with Crippen molar-refractivity contribution >= 4 is 38.5 Å². The van der Waals surface area contributed by atoms with Gasteiger partial charge in [0, 0.05) is 14.1 Å². The Kier molecular flexibility index (Phi) is 3.75. The number of hydrogen-bond donors (Lipinski definition) is 0. The van der Waals surface area contributed by atoms with E-state index in [1.165, 1.54) is 4.68 Å². The number of benzene rings is 1. The highest BCUT2D eigenvalue weighted by Crippen LogP contribution is 2.16. The Morgan fingerprint density at radius 1 is 1.38 bits per heavy atom. The molecule has 1 aromatic heterocycles. The third-order valence-corrected chi connectivity index (χ3v) is 3.48. The lowest BCUT2D eigenvalue weighted by molar-refractivity contribution is 0.635. The van der Waals surface area contributed by atoms with Crippen molar-refractivity contribution in [3.05, 3.63) is 60.5 Å². The summed E-state index contributed by atoms with van der Waals surface area (Å²) in [6.45, 7) is 0.483. The van der Waals surface area contributed by atoms with Crippen LogP contribution < -0.4 is 5.56 Å². The molecule has 0 saturated heterocycles. The zero-order valence-electron chi connectivity index (χ0n) is 8.23. The maximum atomic E-state index is 11.6. The van der Waals surface area contributed by atoms with Gasteiger partial charge in [0.15, 0.2) is 0 Å². The largest absolute Gasteiger partial charge is 0.268 e. The lowest BCUT2D eigenvalue weighted by Crippen LogP contribution is -2.22. The van der Waals surface area contributed by atoms with Gasteiger partial charge in [-0.15, -0.1) is 0 Å². The highest BCUT2D eigenvalue weighted by atomic mass is 127. The fraction of sp³-hybridized carbons (Fsp3) is 0.0909. The molecular weight excluding hydrogens is 383 g/mol. The first-order valence-corrected chi connectivity index (χ1v) is 6.50. The summed E-state index contributed by atoms with van der Waals surface area (Å²) in [4.78, 5) is 11.6. The molecule has 0 amide bonds. The van der Waals surface area contributed by atoms with Crippen molar-refractivity contribution < 1.29 is 0 Å². The standard InChI is InChI=1S/C11H8BrIN2O/c12-10-4-2-1-3-8(10)7-15-11(16)5-9(13)6-14-15/h1-6H,7H2. The molecule has 5 heteroatoms. The number of nitrogens with zero attached hydrogens (tertiary/aromatic N) is 2. The molecule has 0 spiro atoms. The van der Waals surface area contributed by atoms with Crippen LogP contribution in [0.2, 0.25) is 0 Å². The normalized spacial score (nSPS) is 10.4. The average molecular weight is 391 g/mol. The van der Waals surface area contributed by atoms with E-state index in [-0.39, 0.29) is 5.56 Å². The summed E-state index contributed by atoms with van der Waals surface area (Å²) in [5, 5.41) is 4.09. The molecule has 0 saturated carbocycles. The Morgan fingerprint density at radius 2 is 2.12 bits per heavy atom. The van der Waals surface area contributed by atoms with Crippen LogP contribution in [0.15, 0.2) is 45.8 Å². The molecule has 0 aliphatic rings. The van der Waals surface area contributed by atoms with E-state index in [4.69, 9.17) is 0 Å². The smallest absolute Gasteiger partial charge is 0.268 e. The molecule has 0 atom stereocenters. The molecular formula is C11H8BrIN2O. The first-order chi connectivity index (χ1) is 7.66. The Morgan fingerprint density at radius 3 is 2.81 bits per heavy atom. The zero-order chi connectivity index (χ0) is 11.5. The molecule has 3 nitrogen and oxygen atoms in total. The van der Waals surface area contributed by atoms with Crippen LogP contribution in [0.3, 0.4) is 0 Å². The lowest BCUT2D eigenvalue weighted by atomic mass is 10.2. The number of hydrogen-bond acceptors (Lipinski definition) is 2. The quantitative estimate of drug-likeness (QED) is 0.739. The SMILES string of the molecule is O=c1cc(I)cnn1Cc1ccccc1Br. The number of aromatic nitrogens is 2. The van der Waals surface area contributed by atoms with Gasteiger partial charge in [0.1, 0.15) is 0 Å². The van der Waals surface area contributed by atoms with Crippen LogP contribution in [-0.2, 0) is 6.54 Å². The zero-order valence-corrected chi connectivity index (χ0v) is 12.0. The maximum Gasteiger partial charge on any atom is 0.268 e. The fourth-order valence-corrected chi connectivity index (χ4v) is 2.12. The van der Waals surface area contributed by atoms with Crippen LogP contribution in [0.5, 0.6) is 0 Å². The average Bonchev–Trinajstić information content (AvgIpc) is 2.25. The van der Waals surface area contributed by atoms with Crippen LogP contribution in [0.25, 0.3) is 0 Å². The topological polar surface area (TPSA) is 34.9 Å². The second-order valence-corrected chi connectivity index (χ2v) is 5.36. The van der Waals surface area contributed by atoms with E-state index < -0.39 is 0 Å². The van der Waals surface area contributed by atoms with Crippen molar-refractivity contribution in [1.82, 2.24) is 9.78 Å². The summed E-state index contributed by atoms with van der Waals surface area (Å²) >= 11 is 5.52. The Balaban J connectivity index is 2.35. The first-order valence-electron chi connectivity index (χ1n) is 4.63. The van der Waals surface area contributed by atoms with Crippen LogP contribution >= 0.6 is 38.5 Å². The van der Waals surface area contributed by atoms with Gasteiger partial charge in [0.05, 0.1) is 12.7 Å². The second-order valence-electron chi connectivity index (χ2n) is 3.26. The van der Waals surface area contributed by atoms with Gasteiger partial charge in [0.2, 0.25) is 0 Å². The summed E-state index contributed by atoms with van der Waals surface area (Å²) in [6, 6.07) is 9.38. The van der Waals surface area contributed by atoms with E-state index in [2.05, 4.69) is 43.6 Å². The molecule has 0 bridgehead atoms. The van der Waals surface area contributed by atoms with Gasteiger partial charge in [-0.05, 0) is 34.2 Å². The van der Waals surface area contributed by atoms with Crippen LogP contribution in [0.4, 0.5) is 0 Å². The first kappa shape index (κ1) is 11.8. The molecule has 1 heterocycles. The molecule has 16 heavy (non-hydrogen) atoms. The third-order valence-electron chi connectivity index (χ3n) is 2.11. The van der Waals surface area contributed by atoms with Crippen molar-refractivity contribution in [3.63, 3.8) is 0 Å². The molecule has 2 rings (SSSR count). The molecule has 0 aliphatic carbocycles. The molecule has 82 valence electrons. The molecule has 0 radical (unpaired) electrons.